The van der Waals surface area contributed by atoms with Crippen LogP contribution in [0.3, 0.4) is 0 Å². The van der Waals surface area contributed by atoms with Crippen LogP contribution in [0.2, 0.25) is 0 Å². The van der Waals surface area contributed by atoms with Crippen molar-refractivity contribution in [3.05, 3.63) is 47.5 Å². The molecular formula is C25H31NO4. The summed E-state index contributed by atoms with van der Waals surface area (Å²) in [6, 6.07) is 9.41. The van der Waals surface area contributed by atoms with Gasteiger partial charge in [0.15, 0.2) is 0 Å². The van der Waals surface area contributed by atoms with Crippen molar-refractivity contribution in [2.75, 3.05) is 6.61 Å². The molecule has 1 saturated heterocycles. The maximum Gasteiger partial charge on any atom is 0.417 e. The molecule has 1 aromatic carbocycles. The van der Waals surface area contributed by atoms with Gasteiger partial charge < -0.3 is 4.74 Å². The van der Waals surface area contributed by atoms with Crippen molar-refractivity contribution in [3.8, 4) is 0 Å². The Balaban J connectivity index is 1.58. The normalized spacial score (nSPS) is 30.9. The summed E-state index contributed by atoms with van der Waals surface area (Å²) < 4.78 is 5.24. The molecule has 160 valence electrons. The number of cyclic esters (lactones) is 1. The summed E-state index contributed by atoms with van der Waals surface area (Å²) in [5.41, 5.74) is 2.32. The number of imide groups is 1. The summed E-state index contributed by atoms with van der Waals surface area (Å²) in [7, 11) is 0. The van der Waals surface area contributed by atoms with Crippen molar-refractivity contribution >= 4 is 17.8 Å². The average molecular weight is 410 g/mol. The van der Waals surface area contributed by atoms with E-state index < -0.39 is 12.0 Å². The highest BCUT2D eigenvalue weighted by Crippen LogP contribution is 2.48. The van der Waals surface area contributed by atoms with Crippen LogP contribution in [0.1, 0.15) is 52.0 Å². The van der Waals surface area contributed by atoms with Crippen LogP contribution in [0.15, 0.2) is 42.0 Å². The number of nitrogens with zero attached hydrogens (tertiary/aromatic N) is 1. The number of Topliss-reactive ketones (excluding diaryl/α,β-unsaturated/α-hetero) is 1. The molecule has 4 rings (SSSR count). The molecule has 3 aliphatic rings. The zero-order chi connectivity index (χ0) is 21.5. The lowest BCUT2D eigenvalue weighted by atomic mass is 9.66. The van der Waals surface area contributed by atoms with Gasteiger partial charge in [-0.3, -0.25) is 9.59 Å². The van der Waals surface area contributed by atoms with E-state index in [9.17, 15) is 14.4 Å². The van der Waals surface area contributed by atoms with Crippen LogP contribution in [0.25, 0.3) is 0 Å². The lowest BCUT2D eigenvalue weighted by Gasteiger charge is -2.38. The third-order valence-electron chi connectivity index (χ3n) is 7.25. The first-order valence-corrected chi connectivity index (χ1v) is 11.0. The van der Waals surface area contributed by atoms with Crippen LogP contribution in [-0.2, 0) is 20.7 Å². The number of carbonyl (C=O) groups is 3. The quantitative estimate of drug-likeness (QED) is 0.543. The van der Waals surface area contributed by atoms with E-state index in [2.05, 4.69) is 26.8 Å². The molecule has 1 heterocycles. The molecule has 2 aliphatic carbocycles. The van der Waals surface area contributed by atoms with Crippen LogP contribution < -0.4 is 0 Å². The van der Waals surface area contributed by atoms with Crippen LogP contribution >= 0.6 is 0 Å². The maximum absolute atomic E-state index is 13.5. The van der Waals surface area contributed by atoms with Crippen molar-refractivity contribution in [1.29, 1.82) is 0 Å². The van der Waals surface area contributed by atoms with Gasteiger partial charge in [-0.2, -0.15) is 0 Å². The number of hydrogen-bond acceptors (Lipinski definition) is 4. The van der Waals surface area contributed by atoms with E-state index >= 15 is 0 Å². The summed E-state index contributed by atoms with van der Waals surface area (Å²) in [6.07, 6.45) is 5.13. The molecule has 1 aromatic rings. The lowest BCUT2D eigenvalue weighted by Crippen LogP contribution is -2.46. The second-order valence-electron chi connectivity index (χ2n) is 9.79. The van der Waals surface area contributed by atoms with Crippen molar-refractivity contribution < 1.29 is 19.1 Å². The highest BCUT2D eigenvalue weighted by molar-refractivity contribution is 6.07. The number of allylic oxidation sites excluding steroid dienone is 2. The molecule has 0 aromatic heterocycles. The van der Waals surface area contributed by atoms with Gasteiger partial charge in [0, 0.05) is 5.92 Å². The van der Waals surface area contributed by atoms with Crippen molar-refractivity contribution in [2.45, 2.75) is 58.9 Å². The van der Waals surface area contributed by atoms with Gasteiger partial charge in [0.05, 0.1) is 12.0 Å². The van der Waals surface area contributed by atoms with E-state index in [4.69, 9.17) is 4.74 Å². The largest absolute Gasteiger partial charge is 0.447 e. The minimum absolute atomic E-state index is 0.0116. The standard InChI is InChI=1S/C25H31NO4/c1-16-9-10-19-21(13-16)25(2,3)12-11-20(22(19)27)23(28)26-18(15-30-24(26)29)14-17-7-5-4-6-8-17/h4-8,13,18-21H,9-12,14-15H2,1-3H3/t18-,19+,20-,21-/m0/s1. The molecule has 0 spiro atoms. The van der Waals surface area contributed by atoms with E-state index in [1.807, 2.05) is 30.3 Å². The molecule has 2 fully saturated rings. The smallest absolute Gasteiger partial charge is 0.417 e. The van der Waals surface area contributed by atoms with E-state index in [1.165, 1.54) is 10.5 Å². The number of amides is 2. The molecule has 2 amide bonds. The van der Waals surface area contributed by atoms with Crippen molar-refractivity contribution in [3.63, 3.8) is 0 Å². The molecule has 1 saturated carbocycles. The number of rotatable bonds is 3. The van der Waals surface area contributed by atoms with Crippen molar-refractivity contribution in [1.82, 2.24) is 4.90 Å². The molecule has 0 N–H and O–H groups in total. The number of ether oxygens (including phenoxy) is 1. The summed E-state index contributed by atoms with van der Waals surface area (Å²) in [5.74, 6) is -1.10. The molecule has 5 heteroatoms. The van der Waals surface area contributed by atoms with Gasteiger partial charge in [0.1, 0.15) is 12.4 Å². The topological polar surface area (TPSA) is 63.7 Å². The molecule has 1 aliphatic heterocycles. The second kappa shape index (κ2) is 8.01. The van der Waals surface area contributed by atoms with Crippen LogP contribution in [0.5, 0.6) is 0 Å². The predicted molar refractivity (Wildman–Crippen MR) is 114 cm³/mol. The molecule has 0 unspecified atom stereocenters. The number of benzene rings is 1. The van der Waals surface area contributed by atoms with E-state index in [1.54, 1.807) is 0 Å². The first-order chi connectivity index (χ1) is 14.3. The number of fused-ring (bicyclic) bond motifs is 1. The van der Waals surface area contributed by atoms with E-state index in [-0.39, 0.29) is 41.6 Å². The number of hydrogen-bond donors (Lipinski definition) is 0. The SMILES string of the molecule is CC1=C[C@H]2[C@@H](CC1)C(=O)[C@@H](C(=O)N1C(=O)OC[C@@H]1Cc1ccccc1)CCC2(C)C. The maximum atomic E-state index is 13.5. The average Bonchev–Trinajstić information content (AvgIpc) is 3.03. The van der Waals surface area contributed by atoms with Gasteiger partial charge in [-0.15, -0.1) is 0 Å². The molecule has 5 nitrogen and oxygen atoms in total. The fraction of sp³-hybridized carbons (Fsp3) is 0.560. The number of ketones is 1. The Kier molecular flexibility index (Phi) is 5.56. The van der Waals surface area contributed by atoms with Crippen LogP contribution in [0.4, 0.5) is 4.79 Å². The monoisotopic (exact) mass is 409 g/mol. The fourth-order valence-corrected chi connectivity index (χ4v) is 5.42. The summed E-state index contributed by atoms with van der Waals surface area (Å²) in [6.45, 7) is 6.70. The molecule has 4 atom stereocenters. The summed E-state index contributed by atoms with van der Waals surface area (Å²) in [4.78, 5) is 40.7. The molecular weight excluding hydrogens is 378 g/mol. The zero-order valence-electron chi connectivity index (χ0n) is 18.1. The van der Waals surface area contributed by atoms with Gasteiger partial charge in [-0.1, -0.05) is 55.8 Å². The fourth-order valence-electron chi connectivity index (χ4n) is 5.42. The van der Waals surface area contributed by atoms with Crippen LogP contribution in [-0.4, -0.2) is 35.3 Å². The summed E-state index contributed by atoms with van der Waals surface area (Å²) >= 11 is 0. The molecule has 0 bridgehead atoms. The summed E-state index contributed by atoms with van der Waals surface area (Å²) in [5, 5.41) is 0. The minimum Gasteiger partial charge on any atom is -0.447 e. The Bertz CT molecular complexity index is 872. The van der Waals surface area contributed by atoms with Gasteiger partial charge in [-0.25, -0.2) is 9.69 Å². The minimum atomic E-state index is -0.755. The third kappa shape index (κ3) is 3.82. The Morgan fingerprint density at radius 3 is 2.63 bits per heavy atom. The number of carbonyl (C=O) groups excluding carboxylic acids is 3. The van der Waals surface area contributed by atoms with E-state index in [0.29, 0.717) is 12.8 Å². The highest BCUT2D eigenvalue weighted by atomic mass is 16.6. The Morgan fingerprint density at radius 1 is 1.17 bits per heavy atom. The third-order valence-corrected chi connectivity index (χ3v) is 7.25. The first-order valence-electron chi connectivity index (χ1n) is 11.0. The van der Waals surface area contributed by atoms with Crippen molar-refractivity contribution in [2.24, 2.45) is 23.2 Å². The van der Waals surface area contributed by atoms with Gasteiger partial charge in [0.2, 0.25) is 5.91 Å². The Morgan fingerprint density at radius 2 is 1.90 bits per heavy atom. The predicted octanol–water partition coefficient (Wildman–Crippen LogP) is 4.55. The Labute approximate surface area is 178 Å². The van der Waals surface area contributed by atoms with Gasteiger partial charge in [0.25, 0.3) is 0 Å². The zero-order valence-corrected chi connectivity index (χ0v) is 18.1. The Hall–Kier alpha value is -2.43. The lowest BCUT2D eigenvalue weighted by molar-refractivity contribution is -0.141. The highest BCUT2D eigenvalue weighted by Gasteiger charge is 2.50. The van der Waals surface area contributed by atoms with E-state index in [0.717, 1.165) is 24.8 Å². The second-order valence-corrected chi connectivity index (χ2v) is 9.79. The molecule has 0 radical (unpaired) electrons. The molecule has 30 heavy (non-hydrogen) atoms. The van der Waals surface area contributed by atoms with Gasteiger partial charge in [-0.05, 0) is 55.9 Å². The first kappa shape index (κ1) is 20.8. The van der Waals surface area contributed by atoms with Crippen LogP contribution in [0, 0.1) is 23.2 Å². The van der Waals surface area contributed by atoms with Gasteiger partial charge >= 0.3 is 6.09 Å².